The molecule has 3 aromatic heterocycles. The van der Waals surface area contributed by atoms with E-state index in [9.17, 15) is 4.79 Å². The molecule has 0 N–H and O–H groups in total. The summed E-state index contributed by atoms with van der Waals surface area (Å²) in [6.45, 7) is 8.84. The minimum Gasteiger partial charge on any atom is -0.462 e. The first-order valence-electron chi connectivity index (χ1n) is 10.3. The Morgan fingerprint density at radius 1 is 1.24 bits per heavy atom. The number of aryl methyl sites for hydroxylation is 3. The molecular formula is C21H28N6O2. The van der Waals surface area contributed by atoms with Crippen LogP contribution in [0.3, 0.4) is 0 Å². The predicted molar refractivity (Wildman–Crippen MR) is 111 cm³/mol. The summed E-state index contributed by atoms with van der Waals surface area (Å²) >= 11 is 0. The number of rotatable bonds is 5. The molecule has 0 radical (unpaired) electrons. The van der Waals surface area contributed by atoms with Crippen molar-refractivity contribution in [3.63, 3.8) is 0 Å². The SMILES string of the molecule is CCOC(=O)c1cnc2c(c(C)nn2C)c1N1CCC(c2cnn(CC)c2)CC1. The summed E-state index contributed by atoms with van der Waals surface area (Å²) in [6.07, 6.45) is 7.81. The molecule has 0 aromatic carbocycles. The zero-order valence-electron chi connectivity index (χ0n) is 17.6. The largest absolute Gasteiger partial charge is 0.462 e. The quantitative estimate of drug-likeness (QED) is 0.617. The fraction of sp³-hybridized carbons (Fsp3) is 0.524. The van der Waals surface area contributed by atoms with Crippen molar-refractivity contribution >= 4 is 22.7 Å². The Labute approximate surface area is 170 Å². The average Bonchev–Trinajstić information content (AvgIpc) is 3.32. The van der Waals surface area contributed by atoms with Gasteiger partial charge in [-0.05, 0) is 45.1 Å². The van der Waals surface area contributed by atoms with Crippen LogP contribution in [-0.2, 0) is 18.3 Å². The first kappa shape index (κ1) is 19.4. The number of hydrogen-bond donors (Lipinski definition) is 0. The van der Waals surface area contributed by atoms with Crippen molar-refractivity contribution in [2.24, 2.45) is 7.05 Å². The van der Waals surface area contributed by atoms with Gasteiger partial charge in [0.05, 0.1) is 29.6 Å². The van der Waals surface area contributed by atoms with Gasteiger partial charge in [0, 0.05) is 39.1 Å². The third kappa shape index (κ3) is 3.47. The molecular weight excluding hydrogens is 368 g/mol. The Morgan fingerprint density at radius 2 is 2.00 bits per heavy atom. The van der Waals surface area contributed by atoms with Crippen LogP contribution >= 0.6 is 0 Å². The summed E-state index contributed by atoms with van der Waals surface area (Å²) in [4.78, 5) is 19.5. The van der Waals surface area contributed by atoms with Gasteiger partial charge < -0.3 is 9.64 Å². The van der Waals surface area contributed by atoms with Gasteiger partial charge >= 0.3 is 5.97 Å². The molecule has 154 valence electrons. The van der Waals surface area contributed by atoms with Crippen LogP contribution in [0.4, 0.5) is 5.69 Å². The zero-order chi connectivity index (χ0) is 20.5. The van der Waals surface area contributed by atoms with E-state index in [1.54, 1.807) is 10.9 Å². The third-order valence-electron chi connectivity index (χ3n) is 5.75. The molecule has 3 aromatic rings. The molecule has 1 aliphatic rings. The van der Waals surface area contributed by atoms with Crippen LogP contribution in [-0.4, -0.2) is 50.2 Å². The molecule has 0 bridgehead atoms. The summed E-state index contributed by atoms with van der Waals surface area (Å²) < 4.78 is 9.07. The van der Waals surface area contributed by atoms with Crippen molar-refractivity contribution in [1.82, 2.24) is 24.5 Å². The molecule has 0 amide bonds. The van der Waals surface area contributed by atoms with E-state index in [0.717, 1.165) is 54.9 Å². The van der Waals surface area contributed by atoms with E-state index in [4.69, 9.17) is 4.74 Å². The molecule has 0 unspecified atom stereocenters. The van der Waals surface area contributed by atoms with Crippen LogP contribution in [0.5, 0.6) is 0 Å². The van der Waals surface area contributed by atoms with E-state index in [2.05, 4.69) is 33.2 Å². The van der Waals surface area contributed by atoms with Crippen LogP contribution in [0.1, 0.15) is 54.2 Å². The molecule has 8 nitrogen and oxygen atoms in total. The topological polar surface area (TPSA) is 78.1 Å². The number of hydrogen-bond acceptors (Lipinski definition) is 6. The highest BCUT2D eigenvalue weighted by Crippen LogP contribution is 2.37. The number of fused-ring (bicyclic) bond motifs is 1. The van der Waals surface area contributed by atoms with Crippen molar-refractivity contribution < 1.29 is 9.53 Å². The van der Waals surface area contributed by atoms with Crippen LogP contribution < -0.4 is 4.90 Å². The minimum absolute atomic E-state index is 0.327. The number of piperidine rings is 1. The van der Waals surface area contributed by atoms with E-state index in [-0.39, 0.29) is 5.97 Å². The van der Waals surface area contributed by atoms with E-state index in [1.165, 1.54) is 5.56 Å². The molecule has 4 rings (SSSR count). The molecule has 4 heterocycles. The van der Waals surface area contributed by atoms with Crippen LogP contribution in [0, 0.1) is 6.92 Å². The second-order valence-electron chi connectivity index (χ2n) is 7.54. The van der Waals surface area contributed by atoms with Gasteiger partial charge in [-0.25, -0.2) is 9.78 Å². The van der Waals surface area contributed by atoms with E-state index >= 15 is 0 Å². The lowest BCUT2D eigenvalue weighted by Gasteiger charge is -2.34. The van der Waals surface area contributed by atoms with Gasteiger partial charge in [0.1, 0.15) is 5.56 Å². The monoisotopic (exact) mass is 396 g/mol. The predicted octanol–water partition coefficient (Wildman–Crippen LogP) is 3.05. The molecule has 0 aliphatic carbocycles. The van der Waals surface area contributed by atoms with Gasteiger partial charge in [-0.3, -0.25) is 9.36 Å². The van der Waals surface area contributed by atoms with Gasteiger partial charge in [-0.15, -0.1) is 0 Å². The second kappa shape index (κ2) is 7.85. The summed E-state index contributed by atoms with van der Waals surface area (Å²) in [7, 11) is 1.88. The maximum atomic E-state index is 12.7. The lowest BCUT2D eigenvalue weighted by Crippen LogP contribution is -2.34. The average molecular weight is 396 g/mol. The molecule has 29 heavy (non-hydrogen) atoms. The first-order valence-corrected chi connectivity index (χ1v) is 10.3. The van der Waals surface area contributed by atoms with Crippen molar-refractivity contribution in [3.8, 4) is 0 Å². The van der Waals surface area contributed by atoms with Crippen LogP contribution in [0.25, 0.3) is 11.0 Å². The van der Waals surface area contributed by atoms with Gasteiger partial charge in [-0.1, -0.05) is 0 Å². The summed E-state index contributed by atoms with van der Waals surface area (Å²) in [5.41, 5.74) is 4.39. The van der Waals surface area contributed by atoms with Gasteiger partial charge in [0.15, 0.2) is 5.65 Å². The number of esters is 1. The summed E-state index contributed by atoms with van der Waals surface area (Å²) in [5, 5.41) is 9.89. The van der Waals surface area contributed by atoms with Crippen molar-refractivity contribution in [2.75, 3.05) is 24.6 Å². The van der Waals surface area contributed by atoms with Gasteiger partial charge in [0.25, 0.3) is 0 Å². The minimum atomic E-state index is -0.327. The Bertz CT molecular complexity index is 1030. The number of ether oxygens (including phenoxy) is 1. The highest BCUT2D eigenvalue weighted by Gasteiger charge is 2.28. The number of anilines is 1. The van der Waals surface area contributed by atoms with Crippen LogP contribution in [0.15, 0.2) is 18.6 Å². The van der Waals surface area contributed by atoms with Crippen molar-refractivity contribution in [1.29, 1.82) is 0 Å². The number of carbonyl (C=O) groups excluding carboxylic acids is 1. The van der Waals surface area contributed by atoms with Gasteiger partial charge in [0.2, 0.25) is 0 Å². The number of pyridine rings is 1. The Morgan fingerprint density at radius 3 is 2.66 bits per heavy atom. The maximum Gasteiger partial charge on any atom is 0.341 e. The van der Waals surface area contributed by atoms with E-state index in [1.807, 2.05) is 31.8 Å². The van der Waals surface area contributed by atoms with Crippen molar-refractivity contribution in [3.05, 3.63) is 35.4 Å². The fourth-order valence-corrected chi connectivity index (χ4v) is 4.28. The smallest absolute Gasteiger partial charge is 0.341 e. The lowest BCUT2D eigenvalue weighted by atomic mass is 9.91. The van der Waals surface area contributed by atoms with Crippen LogP contribution in [0.2, 0.25) is 0 Å². The summed E-state index contributed by atoms with van der Waals surface area (Å²) in [5.74, 6) is 0.163. The second-order valence-corrected chi connectivity index (χ2v) is 7.54. The Kier molecular flexibility index (Phi) is 5.25. The standard InChI is InChI=1S/C21H28N6O2/c1-5-27-13-16(11-23-27)15-7-9-26(10-8-15)19-17(21(28)29-6-2)12-22-20-18(19)14(3)24-25(20)4/h11-13,15H,5-10H2,1-4H3. The number of nitrogens with zero attached hydrogens (tertiary/aromatic N) is 6. The molecule has 0 saturated carbocycles. The van der Waals surface area contributed by atoms with E-state index < -0.39 is 0 Å². The highest BCUT2D eigenvalue weighted by molar-refractivity contribution is 6.05. The zero-order valence-corrected chi connectivity index (χ0v) is 17.6. The first-order chi connectivity index (χ1) is 14.0. The summed E-state index contributed by atoms with van der Waals surface area (Å²) in [6, 6.07) is 0. The third-order valence-corrected chi connectivity index (χ3v) is 5.75. The molecule has 0 spiro atoms. The lowest BCUT2D eigenvalue weighted by molar-refractivity contribution is 0.0526. The van der Waals surface area contributed by atoms with E-state index in [0.29, 0.717) is 18.1 Å². The highest BCUT2D eigenvalue weighted by atomic mass is 16.5. The Hall–Kier alpha value is -2.90. The van der Waals surface area contributed by atoms with Gasteiger partial charge in [-0.2, -0.15) is 10.2 Å². The van der Waals surface area contributed by atoms with Crippen molar-refractivity contribution in [2.45, 2.75) is 46.1 Å². The molecule has 8 heteroatoms. The maximum absolute atomic E-state index is 12.7. The molecule has 1 saturated heterocycles. The number of carbonyl (C=O) groups is 1. The molecule has 0 atom stereocenters. The molecule has 1 aliphatic heterocycles. The normalized spacial score (nSPS) is 15.2. The Balaban J connectivity index is 1.67. The number of aromatic nitrogens is 5. The molecule has 1 fully saturated rings. The fourth-order valence-electron chi connectivity index (χ4n) is 4.28.